The molecule has 0 aromatic carbocycles. The Labute approximate surface area is 119 Å². The van der Waals surface area contributed by atoms with E-state index in [1.54, 1.807) is 20.8 Å². The second-order valence-electron chi connectivity index (χ2n) is 4.59. The van der Waals surface area contributed by atoms with Crippen LogP contribution in [0.3, 0.4) is 0 Å². The van der Waals surface area contributed by atoms with Crippen molar-refractivity contribution >= 4 is 35.0 Å². The van der Waals surface area contributed by atoms with E-state index in [0.29, 0.717) is 0 Å². The zero-order valence-electron chi connectivity index (χ0n) is 10.7. The van der Waals surface area contributed by atoms with Crippen LogP contribution in [0.15, 0.2) is 17.2 Å². The van der Waals surface area contributed by atoms with Gasteiger partial charge in [0, 0.05) is 6.07 Å². The summed E-state index contributed by atoms with van der Waals surface area (Å²) in [5.41, 5.74) is -0.774. The summed E-state index contributed by atoms with van der Waals surface area (Å²) in [6, 6.07) is 2.59. The third-order valence-electron chi connectivity index (χ3n) is 1.75. The Morgan fingerprint density at radius 1 is 1.53 bits per heavy atom. The molecule has 0 atom stereocenters. The summed E-state index contributed by atoms with van der Waals surface area (Å²) >= 11 is 6.61. The number of pyridine rings is 1. The fraction of sp³-hybridized carbons (Fsp3) is 0.455. The molecule has 1 aromatic rings. The Bertz CT molecular complexity index is 502. The highest BCUT2D eigenvalue weighted by Crippen LogP contribution is 2.28. The van der Waals surface area contributed by atoms with Gasteiger partial charge in [0.2, 0.25) is 0 Å². The van der Waals surface area contributed by atoms with Crippen molar-refractivity contribution in [1.29, 1.82) is 0 Å². The number of nitro groups is 1. The van der Waals surface area contributed by atoms with Gasteiger partial charge in [0.05, 0.1) is 10.7 Å². The number of nitrogens with zero attached hydrogens (tertiary/aromatic N) is 2. The van der Waals surface area contributed by atoms with Gasteiger partial charge in [-0.1, -0.05) is 23.4 Å². The minimum atomic E-state index is -0.592. The molecule has 0 N–H and O–H groups in total. The first-order chi connectivity index (χ1) is 8.69. The Morgan fingerprint density at radius 2 is 2.16 bits per heavy atom. The van der Waals surface area contributed by atoms with Gasteiger partial charge in [0.25, 0.3) is 0 Å². The molecular formula is C11H13ClN2O4S. The van der Waals surface area contributed by atoms with Crippen LogP contribution in [-0.4, -0.2) is 27.2 Å². The van der Waals surface area contributed by atoms with Crippen molar-refractivity contribution in [2.24, 2.45) is 0 Å². The van der Waals surface area contributed by atoms with E-state index < -0.39 is 16.5 Å². The summed E-state index contributed by atoms with van der Waals surface area (Å²) < 4.78 is 5.10. The number of hydrogen-bond donors (Lipinski definition) is 0. The van der Waals surface area contributed by atoms with Crippen LogP contribution >= 0.6 is 23.4 Å². The number of aromatic nitrogens is 1. The monoisotopic (exact) mass is 304 g/mol. The predicted molar refractivity (Wildman–Crippen MR) is 72.5 cm³/mol. The van der Waals surface area contributed by atoms with Crippen LogP contribution in [0.2, 0.25) is 5.15 Å². The number of carbonyl (C=O) groups excluding carboxylic acids is 1. The molecule has 0 unspecified atom stereocenters. The van der Waals surface area contributed by atoms with Crippen LogP contribution in [0.1, 0.15) is 20.8 Å². The number of ether oxygens (including phenoxy) is 1. The molecule has 0 radical (unpaired) electrons. The lowest BCUT2D eigenvalue weighted by molar-refractivity contribution is -0.388. The number of carbonyl (C=O) groups is 1. The van der Waals surface area contributed by atoms with Crippen molar-refractivity contribution in [3.63, 3.8) is 0 Å². The Balaban J connectivity index is 2.75. The van der Waals surface area contributed by atoms with Gasteiger partial charge in [0.1, 0.15) is 10.8 Å². The maximum Gasteiger partial charge on any atom is 0.316 e. The average molecular weight is 305 g/mol. The van der Waals surface area contributed by atoms with Crippen LogP contribution in [0.4, 0.5) is 5.69 Å². The molecule has 0 amide bonds. The molecule has 0 aliphatic rings. The molecule has 0 fully saturated rings. The van der Waals surface area contributed by atoms with Crippen molar-refractivity contribution in [1.82, 2.24) is 4.98 Å². The highest BCUT2D eigenvalue weighted by Gasteiger charge is 2.20. The zero-order chi connectivity index (χ0) is 14.6. The first-order valence-electron chi connectivity index (χ1n) is 5.34. The van der Waals surface area contributed by atoms with Gasteiger partial charge >= 0.3 is 11.7 Å². The molecule has 0 spiro atoms. The lowest BCUT2D eigenvalue weighted by Crippen LogP contribution is -2.24. The van der Waals surface area contributed by atoms with Crippen LogP contribution in [0.25, 0.3) is 0 Å². The summed E-state index contributed by atoms with van der Waals surface area (Å²) in [4.78, 5) is 25.6. The number of thioether (sulfide) groups is 1. The summed E-state index contributed by atoms with van der Waals surface area (Å²) in [6.45, 7) is 5.24. The molecule has 0 bridgehead atoms. The minimum Gasteiger partial charge on any atom is -0.459 e. The lowest BCUT2D eigenvalue weighted by atomic mass is 10.2. The topological polar surface area (TPSA) is 82.3 Å². The fourth-order valence-corrected chi connectivity index (χ4v) is 2.12. The zero-order valence-corrected chi connectivity index (χ0v) is 12.2. The van der Waals surface area contributed by atoms with Crippen molar-refractivity contribution in [2.45, 2.75) is 31.4 Å². The van der Waals surface area contributed by atoms with E-state index in [4.69, 9.17) is 16.3 Å². The van der Waals surface area contributed by atoms with Crippen molar-refractivity contribution in [3.05, 3.63) is 27.4 Å². The standard InChI is InChI=1S/C11H13ClN2O4S/c1-11(2,3)18-9(15)6-19-10-7(14(16)17)4-5-8(12)13-10/h4-5H,6H2,1-3H3. The third kappa shape index (κ3) is 5.44. The maximum atomic E-state index is 11.5. The van der Waals surface area contributed by atoms with Crippen molar-refractivity contribution in [2.75, 3.05) is 5.75 Å². The van der Waals surface area contributed by atoms with Gasteiger partial charge in [-0.2, -0.15) is 0 Å². The molecule has 8 heteroatoms. The largest absolute Gasteiger partial charge is 0.459 e. The van der Waals surface area contributed by atoms with Crippen LogP contribution in [-0.2, 0) is 9.53 Å². The molecule has 0 aliphatic carbocycles. The van der Waals surface area contributed by atoms with E-state index in [1.807, 2.05) is 0 Å². The molecule has 1 rings (SSSR count). The highest BCUT2D eigenvalue weighted by atomic mass is 35.5. The van der Waals surface area contributed by atoms with Crippen LogP contribution in [0.5, 0.6) is 0 Å². The quantitative estimate of drug-likeness (QED) is 0.279. The van der Waals surface area contributed by atoms with Gasteiger partial charge in [-0.25, -0.2) is 4.98 Å². The van der Waals surface area contributed by atoms with E-state index in [0.717, 1.165) is 11.8 Å². The van der Waals surface area contributed by atoms with Gasteiger partial charge in [-0.05, 0) is 26.8 Å². The number of rotatable bonds is 4. The molecule has 0 saturated heterocycles. The van der Waals surface area contributed by atoms with Gasteiger partial charge in [0.15, 0.2) is 5.03 Å². The van der Waals surface area contributed by atoms with E-state index in [9.17, 15) is 14.9 Å². The number of esters is 1. The number of halogens is 1. The van der Waals surface area contributed by atoms with E-state index >= 15 is 0 Å². The van der Waals surface area contributed by atoms with Crippen molar-refractivity contribution < 1.29 is 14.5 Å². The Kier molecular flexibility index (Phi) is 5.13. The smallest absolute Gasteiger partial charge is 0.316 e. The molecule has 6 nitrogen and oxygen atoms in total. The van der Waals surface area contributed by atoms with Crippen molar-refractivity contribution in [3.8, 4) is 0 Å². The fourth-order valence-electron chi connectivity index (χ4n) is 1.15. The molecule has 1 aromatic heterocycles. The first-order valence-corrected chi connectivity index (χ1v) is 6.71. The summed E-state index contributed by atoms with van der Waals surface area (Å²) in [5.74, 6) is -0.528. The minimum absolute atomic E-state index is 0.0640. The normalized spacial score (nSPS) is 11.2. The highest BCUT2D eigenvalue weighted by molar-refractivity contribution is 8.00. The SMILES string of the molecule is CC(C)(C)OC(=O)CSc1nc(Cl)ccc1[N+](=O)[O-]. The third-order valence-corrected chi connectivity index (χ3v) is 2.91. The maximum absolute atomic E-state index is 11.5. The van der Waals surface area contributed by atoms with Crippen LogP contribution in [0, 0.1) is 10.1 Å². The van der Waals surface area contributed by atoms with E-state index in [-0.39, 0.29) is 21.6 Å². The van der Waals surface area contributed by atoms with Gasteiger partial charge < -0.3 is 4.74 Å². The summed E-state index contributed by atoms with van der Waals surface area (Å²) in [5, 5.41) is 11.0. The second-order valence-corrected chi connectivity index (χ2v) is 5.94. The summed E-state index contributed by atoms with van der Waals surface area (Å²) in [6.07, 6.45) is 0. The van der Waals surface area contributed by atoms with Gasteiger partial charge in [-0.3, -0.25) is 14.9 Å². The predicted octanol–water partition coefficient (Wildman–Crippen LogP) is 3.08. The van der Waals surface area contributed by atoms with Gasteiger partial charge in [-0.15, -0.1) is 0 Å². The molecule has 19 heavy (non-hydrogen) atoms. The van der Waals surface area contributed by atoms with Crippen LogP contribution < -0.4 is 0 Å². The lowest BCUT2D eigenvalue weighted by Gasteiger charge is -2.19. The van der Waals surface area contributed by atoms with E-state index in [2.05, 4.69) is 4.98 Å². The molecule has 0 saturated carbocycles. The summed E-state index contributed by atoms with van der Waals surface area (Å²) in [7, 11) is 0. The average Bonchev–Trinajstić information content (AvgIpc) is 2.23. The van der Waals surface area contributed by atoms with E-state index in [1.165, 1.54) is 12.1 Å². The number of hydrogen-bond acceptors (Lipinski definition) is 6. The molecule has 104 valence electrons. The Hall–Kier alpha value is -1.34. The Morgan fingerprint density at radius 3 is 2.68 bits per heavy atom. The molecule has 0 aliphatic heterocycles. The molecular weight excluding hydrogens is 292 g/mol. The second kappa shape index (κ2) is 6.21. The molecule has 1 heterocycles. The first kappa shape index (κ1) is 15.7.